The van der Waals surface area contributed by atoms with Gasteiger partial charge < -0.3 is 5.32 Å². The zero-order valence-electron chi connectivity index (χ0n) is 9.50. The van der Waals surface area contributed by atoms with Gasteiger partial charge in [-0.15, -0.1) is 0 Å². The molecule has 1 aliphatic heterocycles. The third kappa shape index (κ3) is 1.98. The van der Waals surface area contributed by atoms with Crippen molar-refractivity contribution in [3.05, 3.63) is 28.2 Å². The molecule has 88 valence electrons. The number of fused-ring (bicyclic) bond motifs is 1. The molecule has 1 heterocycles. The van der Waals surface area contributed by atoms with Gasteiger partial charge in [0.25, 0.3) is 0 Å². The van der Waals surface area contributed by atoms with Gasteiger partial charge >= 0.3 is 0 Å². The van der Waals surface area contributed by atoms with Crippen LogP contribution in [-0.2, 0) is 10.8 Å². The largest absolute Gasteiger partial charge is 0.309 e. The summed E-state index contributed by atoms with van der Waals surface area (Å²) in [5.74, 6) is 0. The summed E-state index contributed by atoms with van der Waals surface area (Å²) in [5, 5.41) is 3.63. The van der Waals surface area contributed by atoms with E-state index in [4.69, 9.17) is 0 Å². The SMILES string of the molecule is CCCNC1c2cccc(Br)c2S(=O)C1C. The minimum absolute atomic E-state index is 0.153. The number of nitrogens with one attached hydrogen (secondary N) is 1. The second-order valence-corrected chi connectivity index (χ2v) is 6.69. The zero-order valence-corrected chi connectivity index (χ0v) is 11.9. The molecule has 3 atom stereocenters. The minimum atomic E-state index is -0.897. The van der Waals surface area contributed by atoms with E-state index in [9.17, 15) is 4.21 Å². The summed E-state index contributed by atoms with van der Waals surface area (Å²) < 4.78 is 13.2. The van der Waals surface area contributed by atoms with Crippen molar-refractivity contribution in [2.24, 2.45) is 0 Å². The van der Waals surface area contributed by atoms with Gasteiger partial charge in [-0.3, -0.25) is 4.21 Å². The molecule has 0 bridgehead atoms. The molecule has 1 aromatic rings. The molecule has 0 amide bonds. The molecule has 0 radical (unpaired) electrons. The van der Waals surface area contributed by atoms with Crippen molar-refractivity contribution in [1.82, 2.24) is 5.32 Å². The molecule has 3 unspecified atom stereocenters. The lowest BCUT2D eigenvalue weighted by atomic mass is 10.0. The van der Waals surface area contributed by atoms with Crippen molar-refractivity contribution in [1.29, 1.82) is 0 Å². The number of hydrogen-bond acceptors (Lipinski definition) is 2. The van der Waals surface area contributed by atoms with Crippen molar-refractivity contribution < 1.29 is 4.21 Å². The van der Waals surface area contributed by atoms with Crippen molar-refractivity contribution in [3.8, 4) is 0 Å². The van der Waals surface area contributed by atoms with E-state index in [0.29, 0.717) is 0 Å². The molecule has 2 rings (SSSR count). The Morgan fingerprint density at radius 1 is 1.50 bits per heavy atom. The summed E-state index contributed by atoms with van der Waals surface area (Å²) in [6.45, 7) is 5.17. The molecule has 0 saturated carbocycles. The molecule has 0 aromatic heterocycles. The molecule has 1 aromatic carbocycles. The van der Waals surface area contributed by atoms with Crippen molar-refractivity contribution in [2.75, 3.05) is 6.54 Å². The summed E-state index contributed by atoms with van der Waals surface area (Å²) in [4.78, 5) is 0.976. The van der Waals surface area contributed by atoms with Crippen LogP contribution < -0.4 is 5.32 Å². The van der Waals surface area contributed by atoms with Gasteiger partial charge in [0.1, 0.15) is 0 Å². The van der Waals surface area contributed by atoms with E-state index in [1.165, 1.54) is 5.56 Å². The Morgan fingerprint density at radius 2 is 2.25 bits per heavy atom. The van der Waals surface area contributed by atoms with Gasteiger partial charge in [-0.05, 0) is 47.4 Å². The molecular formula is C12H16BrNOS. The molecule has 0 fully saturated rings. The molecule has 4 heteroatoms. The maximum atomic E-state index is 12.2. The van der Waals surface area contributed by atoms with Crippen LogP contribution in [0, 0.1) is 0 Å². The quantitative estimate of drug-likeness (QED) is 0.930. The second-order valence-electron chi connectivity index (χ2n) is 4.09. The molecule has 0 saturated heterocycles. The Labute approximate surface area is 107 Å². The van der Waals surface area contributed by atoms with E-state index in [0.717, 1.165) is 22.3 Å². The van der Waals surface area contributed by atoms with Crippen LogP contribution in [0.1, 0.15) is 31.9 Å². The highest BCUT2D eigenvalue weighted by atomic mass is 79.9. The summed E-state index contributed by atoms with van der Waals surface area (Å²) in [5.41, 5.74) is 1.19. The molecule has 1 N–H and O–H groups in total. The number of rotatable bonds is 3. The highest BCUT2D eigenvalue weighted by Crippen LogP contribution is 2.40. The van der Waals surface area contributed by atoms with Crippen molar-refractivity contribution in [3.63, 3.8) is 0 Å². The van der Waals surface area contributed by atoms with Gasteiger partial charge in [0.2, 0.25) is 0 Å². The molecule has 1 aliphatic rings. The predicted molar refractivity (Wildman–Crippen MR) is 71.0 cm³/mol. The molecule has 0 aliphatic carbocycles. The Hall–Kier alpha value is -0.190. The first kappa shape index (κ1) is 12.3. The molecule has 0 spiro atoms. The van der Waals surface area contributed by atoms with Crippen LogP contribution in [0.4, 0.5) is 0 Å². The number of hydrogen-bond donors (Lipinski definition) is 1. The number of benzene rings is 1. The molecule has 2 nitrogen and oxygen atoms in total. The first-order chi connectivity index (χ1) is 7.66. The number of halogens is 1. The van der Waals surface area contributed by atoms with Crippen LogP contribution in [0.2, 0.25) is 0 Å². The van der Waals surface area contributed by atoms with E-state index in [-0.39, 0.29) is 11.3 Å². The van der Waals surface area contributed by atoms with E-state index in [2.05, 4.69) is 41.2 Å². The Balaban J connectivity index is 2.38. The topological polar surface area (TPSA) is 29.1 Å². The normalized spacial score (nSPS) is 28.1. The monoisotopic (exact) mass is 301 g/mol. The first-order valence-corrected chi connectivity index (χ1v) is 7.59. The summed E-state index contributed by atoms with van der Waals surface area (Å²) in [6.07, 6.45) is 1.10. The predicted octanol–water partition coefficient (Wildman–Crippen LogP) is 3.00. The third-order valence-electron chi connectivity index (χ3n) is 2.96. The highest BCUT2D eigenvalue weighted by Gasteiger charge is 2.36. The van der Waals surface area contributed by atoms with Crippen LogP contribution in [0.3, 0.4) is 0 Å². The summed E-state index contributed by atoms with van der Waals surface area (Å²) in [6, 6.07) is 6.28. The van der Waals surface area contributed by atoms with Crippen LogP contribution >= 0.6 is 15.9 Å². The smallest absolute Gasteiger partial charge is 0.0592 e. The van der Waals surface area contributed by atoms with E-state index < -0.39 is 10.8 Å². The second kappa shape index (κ2) is 4.98. The van der Waals surface area contributed by atoms with Crippen LogP contribution in [0.5, 0.6) is 0 Å². The highest BCUT2D eigenvalue weighted by molar-refractivity contribution is 9.10. The Kier molecular flexibility index (Phi) is 3.82. The van der Waals surface area contributed by atoms with Gasteiger partial charge in [0.15, 0.2) is 0 Å². The van der Waals surface area contributed by atoms with Gasteiger partial charge in [0, 0.05) is 10.5 Å². The Bertz CT molecular complexity index is 421. The minimum Gasteiger partial charge on any atom is -0.309 e. The molecule has 16 heavy (non-hydrogen) atoms. The Morgan fingerprint density at radius 3 is 2.94 bits per heavy atom. The van der Waals surface area contributed by atoms with E-state index >= 15 is 0 Å². The van der Waals surface area contributed by atoms with Gasteiger partial charge in [-0.25, -0.2) is 0 Å². The van der Waals surface area contributed by atoms with Crippen LogP contribution in [0.25, 0.3) is 0 Å². The zero-order chi connectivity index (χ0) is 11.7. The lowest BCUT2D eigenvalue weighted by Crippen LogP contribution is -2.28. The van der Waals surface area contributed by atoms with Gasteiger partial charge in [0.05, 0.1) is 20.9 Å². The fraction of sp³-hybridized carbons (Fsp3) is 0.500. The van der Waals surface area contributed by atoms with E-state index in [1.807, 2.05) is 12.1 Å². The maximum absolute atomic E-state index is 12.2. The standard InChI is InChI=1S/C12H16BrNOS/c1-3-7-14-11-8(2)16(15)12-9(11)5-4-6-10(12)13/h4-6,8,11,14H,3,7H2,1-2H3. The van der Waals surface area contributed by atoms with Gasteiger partial charge in [-0.2, -0.15) is 0 Å². The third-order valence-corrected chi connectivity index (χ3v) is 5.68. The van der Waals surface area contributed by atoms with E-state index in [1.54, 1.807) is 0 Å². The van der Waals surface area contributed by atoms with Gasteiger partial charge in [-0.1, -0.05) is 19.1 Å². The van der Waals surface area contributed by atoms with Crippen LogP contribution in [-0.4, -0.2) is 16.0 Å². The lowest BCUT2D eigenvalue weighted by molar-refractivity contribution is 0.527. The average molecular weight is 302 g/mol. The molecular weight excluding hydrogens is 286 g/mol. The summed E-state index contributed by atoms with van der Waals surface area (Å²) in [7, 11) is -0.897. The average Bonchev–Trinajstić information content (AvgIpc) is 2.51. The van der Waals surface area contributed by atoms with Crippen LogP contribution in [0.15, 0.2) is 27.6 Å². The lowest BCUT2D eigenvalue weighted by Gasteiger charge is -2.16. The van der Waals surface area contributed by atoms with Crippen molar-refractivity contribution >= 4 is 26.7 Å². The fourth-order valence-corrected chi connectivity index (χ4v) is 4.53. The van der Waals surface area contributed by atoms with Crippen molar-refractivity contribution in [2.45, 2.75) is 36.5 Å². The maximum Gasteiger partial charge on any atom is 0.0592 e. The summed E-state index contributed by atoms with van der Waals surface area (Å²) >= 11 is 3.49. The first-order valence-electron chi connectivity index (χ1n) is 5.59. The fourth-order valence-electron chi connectivity index (χ4n) is 2.12.